The van der Waals surface area contributed by atoms with Crippen LogP contribution in [0, 0.1) is 11.6 Å². The summed E-state index contributed by atoms with van der Waals surface area (Å²) in [5.41, 5.74) is 0. The third-order valence-corrected chi connectivity index (χ3v) is 4.06. The largest absolute Gasteiger partial charge is 0.481 e. The Morgan fingerprint density at radius 1 is 1.15 bits per heavy atom. The molecule has 20 heavy (non-hydrogen) atoms. The number of halogens is 2. The molecule has 2 N–H and O–H groups in total. The first kappa shape index (κ1) is 16.5. The zero-order valence-corrected chi connectivity index (χ0v) is 11.4. The van der Waals surface area contributed by atoms with Gasteiger partial charge in [0.15, 0.2) is 4.90 Å². The molecule has 0 heterocycles. The zero-order valence-electron chi connectivity index (χ0n) is 10.6. The summed E-state index contributed by atoms with van der Waals surface area (Å²) < 4.78 is 52.2. The first-order valence-corrected chi connectivity index (χ1v) is 7.48. The normalized spacial score (nSPS) is 11.5. The minimum atomic E-state index is -4.24. The van der Waals surface area contributed by atoms with E-state index in [-0.39, 0.29) is 13.0 Å². The van der Waals surface area contributed by atoms with Crippen molar-refractivity contribution in [1.82, 2.24) is 4.72 Å². The number of carboxylic acids is 1. The minimum absolute atomic E-state index is 0.00424. The van der Waals surface area contributed by atoms with Crippen LogP contribution >= 0.6 is 0 Å². The lowest BCUT2D eigenvalue weighted by atomic mass is 10.2. The Morgan fingerprint density at radius 2 is 1.75 bits per heavy atom. The number of sulfonamides is 1. The molecule has 0 aliphatic carbocycles. The second-order valence-electron chi connectivity index (χ2n) is 4.15. The van der Waals surface area contributed by atoms with E-state index in [0.29, 0.717) is 19.3 Å². The Hall–Kier alpha value is -1.54. The van der Waals surface area contributed by atoms with Crippen LogP contribution in [0.5, 0.6) is 0 Å². The predicted octanol–water partition coefficient (Wildman–Crippen LogP) is 1.89. The number of benzene rings is 1. The van der Waals surface area contributed by atoms with E-state index in [1.165, 1.54) is 0 Å². The molecule has 8 heteroatoms. The molecule has 5 nitrogen and oxygen atoms in total. The number of nitrogens with one attached hydrogen (secondary N) is 1. The van der Waals surface area contributed by atoms with Crippen LogP contribution in [0.4, 0.5) is 8.78 Å². The van der Waals surface area contributed by atoms with Crippen molar-refractivity contribution in [3.05, 3.63) is 29.8 Å². The fraction of sp³-hybridized carbons (Fsp3) is 0.417. The lowest BCUT2D eigenvalue weighted by Crippen LogP contribution is -2.26. The maximum absolute atomic E-state index is 13.3. The van der Waals surface area contributed by atoms with Crippen molar-refractivity contribution in [3.8, 4) is 0 Å². The van der Waals surface area contributed by atoms with Crippen molar-refractivity contribution in [3.63, 3.8) is 0 Å². The van der Waals surface area contributed by atoms with Gasteiger partial charge in [-0.25, -0.2) is 21.9 Å². The summed E-state index contributed by atoms with van der Waals surface area (Å²) in [4.78, 5) is 9.26. The van der Waals surface area contributed by atoms with E-state index in [4.69, 9.17) is 5.11 Å². The topological polar surface area (TPSA) is 83.5 Å². The highest BCUT2D eigenvalue weighted by molar-refractivity contribution is 7.89. The van der Waals surface area contributed by atoms with E-state index < -0.39 is 32.5 Å². The fourth-order valence-corrected chi connectivity index (χ4v) is 2.80. The molecule has 112 valence electrons. The van der Waals surface area contributed by atoms with E-state index in [2.05, 4.69) is 4.72 Å². The number of hydrogen-bond acceptors (Lipinski definition) is 3. The molecule has 0 radical (unpaired) electrons. The highest BCUT2D eigenvalue weighted by Gasteiger charge is 2.22. The molecule has 0 spiro atoms. The Morgan fingerprint density at radius 3 is 2.30 bits per heavy atom. The smallest absolute Gasteiger partial charge is 0.303 e. The molecule has 0 saturated heterocycles. The third-order valence-electron chi connectivity index (χ3n) is 2.55. The SMILES string of the molecule is O=C(O)CCCCCNS(=O)(=O)c1c(F)cccc1F. The van der Waals surface area contributed by atoms with Gasteiger partial charge in [-0.1, -0.05) is 12.5 Å². The van der Waals surface area contributed by atoms with Gasteiger partial charge in [0.25, 0.3) is 0 Å². The second-order valence-corrected chi connectivity index (χ2v) is 5.86. The van der Waals surface area contributed by atoms with Crippen molar-refractivity contribution >= 4 is 16.0 Å². The Bertz CT molecular complexity index is 555. The van der Waals surface area contributed by atoms with Gasteiger partial charge in [0.2, 0.25) is 10.0 Å². The molecule has 0 fully saturated rings. The van der Waals surface area contributed by atoms with E-state index in [1.54, 1.807) is 0 Å². The van der Waals surface area contributed by atoms with E-state index >= 15 is 0 Å². The van der Waals surface area contributed by atoms with Gasteiger partial charge in [-0.2, -0.15) is 0 Å². The highest BCUT2D eigenvalue weighted by atomic mass is 32.2. The van der Waals surface area contributed by atoms with Crippen LogP contribution in [0.2, 0.25) is 0 Å². The lowest BCUT2D eigenvalue weighted by Gasteiger charge is -2.08. The molecule has 1 aromatic carbocycles. The van der Waals surface area contributed by atoms with Gasteiger partial charge in [-0.15, -0.1) is 0 Å². The van der Waals surface area contributed by atoms with Crippen LogP contribution in [0.25, 0.3) is 0 Å². The van der Waals surface area contributed by atoms with Crippen LogP contribution in [0.1, 0.15) is 25.7 Å². The molecule has 0 aliphatic heterocycles. The summed E-state index contributed by atoms with van der Waals surface area (Å²) in [7, 11) is -4.24. The van der Waals surface area contributed by atoms with Crippen molar-refractivity contribution < 1.29 is 27.1 Å². The van der Waals surface area contributed by atoms with E-state index in [1.807, 2.05) is 0 Å². The van der Waals surface area contributed by atoms with Gasteiger partial charge in [0.1, 0.15) is 11.6 Å². The van der Waals surface area contributed by atoms with Crippen LogP contribution in [-0.4, -0.2) is 26.0 Å². The summed E-state index contributed by atoms with van der Waals surface area (Å²) in [5, 5.41) is 8.41. The highest BCUT2D eigenvalue weighted by Crippen LogP contribution is 2.17. The third kappa shape index (κ3) is 4.86. The summed E-state index contributed by atoms with van der Waals surface area (Å²) in [6, 6.07) is 2.81. The number of hydrogen-bond donors (Lipinski definition) is 2. The van der Waals surface area contributed by atoms with Crippen molar-refractivity contribution in [2.75, 3.05) is 6.54 Å². The molecular weight excluding hydrogens is 292 g/mol. The number of carbonyl (C=O) groups is 1. The quantitative estimate of drug-likeness (QED) is 0.718. The summed E-state index contributed by atoms with van der Waals surface area (Å²) >= 11 is 0. The van der Waals surface area contributed by atoms with Crippen LogP contribution in [0.15, 0.2) is 23.1 Å². The number of unbranched alkanes of at least 4 members (excludes halogenated alkanes) is 2. The molecule has 0 aliphatic rings. The lowest BCUT2D eigenvalue weighted by molar-refractivity contribution is -0.137. The monoisotopic (exact) mass is 307 g/mol. The molecule has 1 aromatic rings. The van der Waals surface area contributed by atoms with Crippen LogP contribution in [-0.2, 0) is 14.8 Å². The molecule has 0 saturated carbocycles. The summed E-state index contributed by atoms with van der Waals surface area (Å²) in [6.45, 7) is -0.00424. The Kier molecular flexibility index (Phi) is 6.03. The predicted molar refractivity (Wildman–Crippen MR) is 67.7 cm³/mol. The molecule has 1 rings (SSSR count). The molecule has 0 unspecified atom stereocenters. The molecular formula is C12H15F2NO4S. The molecule has 0 atom stereocenters. The first-order chi connectivity index (χ1) is 9.34. The fourth-order valence-electron chi connectivity index (χ4n) is 1.60. The maximum Gasteiger partial charge on any atom is 0.303 e. The first-order valence-electron chi connectivity index (χ1n) is 6.00. The summed E-state index contributed by atoms with van der Waals surface area (Å²) in [5.74, 6) is -3.22. The van der Waals surface area contributed by atoms with Gasteiger partial charge in [-0.05, 0) is 25.0 Å². The average Bonchev–Trinajstić information content (AvgIpc) is 2.32. The van der Waals surface area contributed by atoms with Gasteiger partial charge in [0.05, 0.1) is 0 Å². The Balaban J connectivity index is 2.52. The number of carboxylic acid groups (broad SMARTS) is 1. The van der Waals surface area contributed by atoms with Crippen molar-refractivity contribution in [1.29, 1.82) is 0 Å². The standard InChI is InChI=1S/C12H15F2NO4S/c13-9-5-4-6-10(14)12(9)20(18,19)15-8-3-1-2-7-11(16)17/h4-6,15H,1-3,7-8H2,(H,16,17). The van der Waals surface area contributed by atoms with E-state index in [9.17, 15) is 22.0 Å². The van der Waals surface area contributed by atoms with Crippen molar-refractivity contribution in [2.24, 2.45) is 0 Å². The second kappa shape index (κ2) is 7.30. The average molecular weight is 307 g/mol. The van der Waals surface area contributed by atoms with Crippen molar-refractivity contribution in [2.45, 2.75) is 30.6 Å². The number of aliphatic carboxylic acids is 1. The van der Waals surface area contributed by atoms with Crippen LogP contribution in [0.3, 0.4) is 0 Å². The molecule has 0 aromatic heterocycles. The number of rotatable bonds is 8. The maximum atomic E-state index is 13.3. The minimum Gasteiger partial charge on any atom is -0.481 e. The molecule has 0 amide bonds. The van der Waals surface area contributed by atoms with Gasteiger partial charge in [-0.3, -0.25) is 4.79 Å². The van der Waals surface area contributed by atoms with Gasteiger partial charge < -0.3 is 5.11 Å². The van der Waals surface area contributed by atoms with Gasteiger partial charge in [0, 0.05) is 13.0 Å². The van der Waals surface area contributed by atoms with E-state index in [0.717, 1.165) is 18.2 Å². The molecule has 0 bridgehead atoms. The Labute approximate surface area is 115 Å². The summed E-state index contributed by atoms with van der Waals surface area (Å²) in [6.07, 6.45) is 1.33. The van der Waals surface area contributed by atoms with Gasteiger partial charge >= 0.3 is 5.97 Å². The van der Waals surface area contributed by atoms with Crippen LogP contribution < -0.4 is 4.72 Å². The zero-order chi connectivity index (χ0) is 15.2.